The third kappa shape index (κ3) is 2.88. The second kappa shape index (κ2) is 5.68. The first kappa shape index (κ1) is 14.8. The van der Waals surface area contributed by atoms with Gasteiger partial charge in [-0.1, -0.05) is 23.7 Å². The molecule has 0 spiro atoms. The van der Waals surface area contributed by atoms with E-state index < -0.39 is 0 Å². The second-order valence-electron chi connectivity index (χ2n) is 6.81. The van der Waals surface area contributed by atoms with Crippen molar-refractivity contribution in [2.75, 3.05) is 13.1 Å². The predicted octanol–water partition coefficient (Wildman–Crippen LogP) is 3.33. The normalized spacial score (nSPS) is 22.3. The Labute approximate surface area is 141 Å². The van der Waals surface area contributed by atoms with Crippen molar-refractivity contribution >= 4 is 17.5 Å². The Morgan fingerprint density at radius 1 is 1.39 bits per heavy atom. The maximum Gasteiger partial charge on any atom is 0.230 e. The Balaban J connectivity index is 1.44. The van der Waals surface area contributed by atoms with Crippen LogP contribution in [0.3, 0.4) is 0 Å². The molecule has 1 saturated heterocycles. The van der Waals surface area contributed by atoms with Gasteiger partial charge in [0.15, 0.2) is 0 Å². The van der Waals surface area contributed by atoms with Gasteiger partial charge in [0.05, 0.1) is 11.7 Å². The van der Waals surface area contributed by atoms with E-state index in [9.17, 15) is 4.79 Å². The van der Waals surface area contributed by atoms with Crippen molar-refractivity contribution < 1.29 is 4.79 Å². The number of carbonyl (C=O) groups excluding carboxylic acids is 1. The lowest BCUT2D eigenvalue weighted by Gasteiger charge is -2.23. The largest absolute Gasteiger partial charge is 0.342 e. The van der Waals surface area contributed by atoms with Gasteiger partial charge in [-0.15, -0.1) is 0 Å². The van der Waals surface area contributed by atoms with Gasteiger partial charge < -0.3 is 9.47 Å². The molecule has 1 aromatic heterocycles. The molecule has 1 aliphatic heterocycles. The molecule has 1 aromatic carbocycles. The summed E-state index contributed by atoms with van der Waals surface area (Å²) in [5.41, 5.74) is 1.05. The molecule has 1 amide bonds. The lowest BCUT2D eigenvalue weighted by Crippen LogP contribution is -2.37. The van der Waals surface area contributed by atoms with Crippen LogP contribution in [0.15, 0.2) is 43.0 Å². The fourth-order valence-corrected chi connectivity index (χ4v) is 3.83. The maximum absolute atomic E-state index is 13.0. The summed E-state index contributed by atoms with van der Waals surface area (Å²) in [5, 5.41) is 0.769. The van der Waals surface area contributed by atoms with Gasteiger partial charge in [-0.2, -0.15) is 0 Å². The monoisotopic (exact) mass is 329 g/mol. The third-order valence-corrected chi connectivity index (χ3v) is 5.38. The van der Waals surface area contributed by atoms with Gasteiger partial charge in [-0.05, 0) is 37.0 Å². The highest BCUT2D eigenvalue weighted by molar-refractivity contribution is 6.30. The van der Waals surface area contributed by atoms with Gasteiger partial charge in [0.25, 0.3) is 0 Å². The van der Waals surface area contributed by atoms with Crippen molar-refractivity contribution in [1.82, 2.24) is 14.5 Å². The molecule has 120 valence electrons. The molecular weight excluding hydrogens is 310 g/mol. The van der Waals surface area contributed by atoms with Crippen molar-refractivity contribution in [3.8, 4) is 0 Å². The van der Waals surface area contributed by atoms with Gasteiger partial charge in [0.2, 0.25) is 5.91 Å². The number of imidazole rings is 1. The quantitative estimate of drug-likeness (QED) is 0.863. The summed E-state index contributed by atoms with van der Waals surface area (Å²) in [4.78, 5) is 19.1. The Kier molecular flexibility index (Phi) is 3.64. The first-order valence-corrected chi connectivity index (χ1v) is 8.55. The van der Waals surface area contributed by atoms with Gasteiger partial charge in [-0.25, -0.2) is 4.98 Å². The van der Waals surface area contributed by atoms with Crippen LogP contribution in [0.5, 0.6) is 0 Å². The van der Waals surface area contributed by atoms with Gasteiger partial charge >= 0.3 is 0 Å². The number of rotatable bonds is 4. The van der Waals surface area contributed by atoms with Crippen LogP contribution in [0.4, 0.5) is 0 Å². The Hall–Kier alpha value is -1.81. The highest BCUT2D eigenvalue weighted by atomic mass is 35.5. The van der Waals surface area contributed by atoms with E-state index in [4.69, 9.17) is 11.6 Å². The molecule has 2 aliphatic rings. The van der Waals surface area contributed by atoms with Crippen molar-refractivity contribution in [3.05, 3.63) is 53.6 Å². The molecule has 23 heavy (non-hydrogen) atoms. The number of likely N-dealkylation sites (tertiary alicyclic amines) is 1. The topological polar surface area (TPSA) is 38.1 Å². The molecular formula is C18H20ClN3O. The van der Waals surface area contributed by atoms with Crippen molar-refractivity contribution in [1.29, 1.82) is 0 Å². The van der Waals surface area contributed by atoms with Crippen LogP contribution in [0, 0.1) is 5.41 Å². The summed E-state index contributed by atoms with van der Waals surface area (Å²) in [6.45, 7) is 2.41. The molecule has 0 N–H and O–H groups in total. The van der Waals surface area contributed by atoms with Crippen LogP contribution >= 0.6 is 11.6 Å². The van der Waals surface area contributed by atoms with E-state index in [-0.39, 0.29) is 5.41 Å². The summed E-state index contributed by atoms with van der Waals surface area (Å²) in [7, 11) is 0. The number of carbonyl (C=O) groups is 1. The van der Waals surface area contributed by atoms with Crippen LogP contribution in [-0.4, -0.2) is 33.4 Å². The fourth-order valence-electron chi connectivity index (χ4n) is 3.63. The molecule has 2 fully saturated rings. The number of hydrogen-bond donors (Lipinski definition) is 0. The van der Waals surface area contributed by atoms with Crippen molar-refractivity contribution in [2.45, 2.75) is 31.7 Å². The minimum absolute atomic E-state index is 0.191. The van der Waals surface area contributed by atoms with E-state index in [1.807, 2.05) is 29.0 Å². The minimum atomic E-state index is -0.191. The van der Waals surface area contributed by atoms with Crippen LogP contribution in [0.25, 0.3) is 0 Å². The average Bonchev–Trinajstić information content (AvgIpc) is 2.97. The van der Waals surface area contributed by atoms with Gasteiger partial charge in [-0.3, -0.25) is 4.79 Å². The van der Waals surface area contributed by atoms with Gasteiger partial charge in [0.1, 0.15) is 0 Å². The van der Waals surface area contributed by atoms with E-state index >= 15 is 0 Å². The van der Waals surface area contributed by atoms with E-state index in [0.29, 0.717) is 11.8 Å². The smallest absolute Gasteiger partial charge is 0.230 e. The zero-order valence-electron chi connectivity index (χ0n) is 13.0. The van der Waals surface area contributed by atoms with Crippen molar-refractivity contribution in [2.24, 2.45) is 5.41 Å². The summed E-state index contributed by atoms with van der Waals surface area (Å²) in [6.07, 6.45) is 8.50. The lowest BCUT2D eigenvalue weighted by atomic mass is 9.98. The number of aromatic nitrogens is 2. The molecule has 1 atom stereocenters. The first-order valence-electron chi connectivity index (χ1n) is 8.17. The number of nitrogens with zero attached hydrogens (tertiary/aromatic N) is 3. The summed E-state index contributed by atoms with van der Waals surface area (Å²) >= 11 is 6.10. The SMILES string of the molecule is O=C(N1CC[C@@H](c2cccc(Cl)c2)C1)C1(Cn2ccnc2)CC1. The summed E-state index contributed by atoms with van der Waals surface area (Å²) < 4.78 is 2.02. The Morgan fingerprint density at radius 2 is 2.26 bits per heavy atom. The predicted molar refractivity (Wildman–Crippen MR) is 89.3 cm³/mol. The molecule has 2 aromatic rings. The zero-order chi connectivity index (χ0) is 15.9. The summed E-state index contributed by atoms with van der Waals surface area (Å²) in [6, 6.07) is 8.03. The number of benzene rings is 1. The third-order valence-electron chi connectivity index (χ3n) is 5.15. The standard InChI is InChI=1S/C18H20ClN3O/c19-16-3-1-2-14(10-16)15-4-8-22(11-15)17(23)18(5-6-18)12-21-9-7-20-13-21/h1-3,7,9-10,13,15H,4-6,8,11-12H2/t15-/m1/s1. The summed E-state index contributed by atoms with van der Waals surface area (Å²) in [5.74, 6) is 0.720. The molecule has 0 bridgehead atoms. The van der Waals surface area contributed by atoms with Crippen LogP contribution in [0.1, 0.15) is 30.7 Å². The van der Waals surface area contributed by atoms with Crippen LogP contribution in [-0.2, 0) is 11.3 Å². The molecule has 1 saturated carbocycles. The zero-order valence-corrected chi connectivity index (χ0v) is 13.7. The van der Waals surface area contributed by atoms with E-state index in [0.717, 1.165) is 43.9 Å². The number of halogens is 1. The maximum atomic E-state index is 13.0. The van der Waals surface area contributed by atoms with Crippen LogP contribution in [0.2, 0.25) is 5.02 Å². The minimum Gasteiger partial charge on any atom is -0.342 e. The Bertz CT molecular complexity index is 709. The number of amides is 1. The van der Waals surface area contributed by atoms with E-state index in [2.05, 4.69) is 16.0 Å². The molecule has 0 radical (unpaired) electrons. The highest BCUT2D eigenvalue weighted by Gasteiger charge is 2.52. The fraction of sp³-hybridized carbons (Fsp3) is 0.444. The molecule has 4 rings (SSSR count). The van der Waals surface area contributed by atoms with Crippen molar-refractivity contribution in [3.63, 3.8) is 0 Å². The first-order chi connectivity index (χ1) is 11.2. The molecule has 2 heterocycles. The van der Waals surface area contributed by atoms with E-state index in [1.165, 1.54) is 5.56 Å². The Morgan fingerprint density at radius 3 is 2.96 bits per heavy atom. The molecule has 0 unspecified atom stereocenters. The van der Waals surface area contributed by atoms with Gasteiger partial charge in [0, 0.05) is 43.0 Å². The average molecular weight is 330 g/mol. The lowest BCUT2D eigenvalue weighted by molar-refractivity contribution is -0.136. The number of hydrogen-bond acceptors (Lipinski definition) is 2. The molecule has 4 nitrogen and oxygen atoms in total. The second-order valence-corrected chi connectivity index (χ2v) is 7.24. The highest BCUT2D eigenvalue weighted by Crippen LogP contribution is 2.49. The molecule has 1 aliphatic carbocycles. The van der Waals surface area contributed by atoms with Crippen LogP contribution < -0.4 is 0 Å². The van der Waals surface area contributed by atoms with E-state index in [1.54, 1.807) is 12.5 Å². The molecule has 5 heteroatoms.